The molecule has 0 amide bonds. The minimum absolute atomic E-state index is 0.358. The monoisotopic (exact) mass is 271 g/mol. The summed E-state index contributed by atoms with van der Waals surface area (Å²) in [5.41, 5.74) is 2.20. The molecule has 3 heteroatoms. The largest absolute Gasteiger partial charge is 0.467 e. The molecule has 1 N–H and O–H groups in total. The smallest absolute Gasteiger partial charge is 0.123 e. The van der Waals surface area contributed by atoms with Crippen molar-refractivity contribution in [3.05, 3.63) is 54.0 Å². The van der Waals surface area contributed by atoms with Gasteiger partial charge < -0.3 is 14.4 Å². The highest BCUT2D eigenvalue weighted by Gasteiger charge is 2.29. The van der Waals surface area contributed by atoms with Crippen LogP contribution >= 0.6 is 0 Å². The summed E-state index contributed by atoms with van der Waals surface area (Å²) in [6, 6.07) is 12.8. The van der Waals surface area contributed by atoms with Crippen LogP contribution in [0.5, 0.6) is 0 Å². The number of aliphatic hydroxyl groups excluding tert-OH is 1. The molecule has 1 aliphatic rings. The first-order valence-corrected chi connectivity index (χ1v) is 7.35. The summed E-state index contributed by atoms with van der Waals surface area (Å²) in [5, 5.41) is 9.86. The molecule has 0 saturated heterocycles. The normalized spacial score (nSPS) is 16.1. The Balaban J connectivity index is 1.77. The van der Waals surface area contributed by atoms with Crippen LogP contribution in [0.2, 0.25) is 0 Å². The van der Waals surface area contributed by atoms with Crippen molar-refractivity contribution in [2.24, 2.45) is 0 Å². The second-order valence-corrected chi connectivity index (χ2v) is 5.45. The predicted octanol–water partition coefficient (Wildman–Crippen LogP) is 3.89. The Hall–Kier alpha value is -1.74. The molecular formula is C17H21NO2. The second kappa shape index (κ2) is 5.71. The van der Waals surface area contributed by atoms with E-state index < -0.39 is 0 Å². The molecule has 1 aromatic carbocycles. The zero-order chi connectivity index (χ0) is 13.9. The Labute approximate surface area is 119 Å². The molecule has 1 atom stereocenters. The van der Waals surface area contributed by atoms with Gasteiger partial charge >= 0.3 is 0 Å². The first-order valence-electron chi connectivity index (χ1n) is 7.35. The number of hydrogen-bond acceptors (Lipinski definition) is 3. The number of rotatable bonds is 6. The first-order chi connectivity index (χ1) is 9.78. The Morgan fingerprint density at radius 3 is 2.55 bits per heavy atom. The number of benzene rings is 1. The van der Waals surface area contributed by atoms with E-state index in [1.165, 1.54) is 18.5 Å². The van der Waals surface area contributed by atoms with Crippen LogP contribution in [-0.4, -0.2) is 11.1 Å². The Morgan fingerprint density at radius 1 is 1.25 bits per heavy atom. The molecule has 3 nitrogen and oxygen atoms in total. The lowest BCUT2D eigenvalue weighted by atomic mass is 10.1. The van der Waals surface area contributed by atoms with E-state index in [9.17, 15) is 5.11 Å². The van der Waals surface area contributed by atoms with E-state index in [0.29, 0.717) is 6.04 Å². The number of hydrogen-bond donors (Lipinski definition) is 1. The van der Waals surface area contributed by atoms with Crippen molar-refractivity contribution < 1.29 is 9.52 Å². The van der Waals surface area contributed by atoms with Gasteiger partial charge in [-0.05, 0) is 49.1 Å². The summed E-state index contributed by atoms with van der Waals surface area (Å²) >= 11 is 0. The highest BCUT2D eigenvalue weighted by Crippen LogP contribution is 2.33. The molecule has 3 rings (SSSR count). The molecule has 106 valence electrons. The van der Waals surface area contributed by atoms with Gasteiger partial charge in [-0.2, -0.15) is 0 Å². The third kappa shape index (κ3) is 2.88. The lowest BCUT2D eigenvalue weighted by molar-refractivity contribution is 0.173. The van der Waals surface area contributed by atoms with Crippen molar-refractivity contribution >= 4 is 5.69 Å². The first kappa shape index (κ1) is 13.3. The number of nitrogens with zero attached hydrogens (tertiary/aromatic N) is 1. The predicted molar refractivity (Wildman–Crippen MR) is 79.6 cm³/mol. The van der Waals surface area contributed by atoms with Crippen LogP contribution in [0.25, 0.3) is 0 Å². The van der Waals surface area contributed by atoms with Crippen molar-refractivity contribution in [2.75, 3.05) is 4.90 Å². The highest BCUT2D eigenvalue weighted by molar-refractivity contribution is 5.50. The number of anilines is 1. The number of furan rings is 1. The van der Waals surface area contributed by atoms with E-state index in [2.05, 4.69) is 17.0 Å². The second-order valence-electron chi connectivity index (χ2n) is 5.45. The van der Waals surface area contributed by atoms with Crippen LogP contribution in [0.15, 0.2) is 47.1 Å². The summed E-state index contributed by atoms with van der Waals surface area (Å²) in [6.45, 7) is 2.80. The maximum Gasteiger partial charge on any atom is 0.123 e. The van der Waals surface area contributed by atoms with Crippen molar-refractivity contribution in [3.63, 3.8) is 0 Å². The Bertz CT molecular complexity index is 529. The van der Waals surface area contributed by atoms with E-state index in [1.54, 1.807) is 6.26 Å². The van der Waals surface area contributed by atoms with Gasteiger partial charge in [0.25, 0.3) is 0 Å². The van der Waals surface area contributed by atoms with Gasteiger partial charge in [-0.15, -0.1) is 0 Å². The summed E-state index contributed by atoms with van der Waals surface area (Å²) < 4.78 is 5.46. The lowest BCUT2D eigenvalue weighted by Gasteiger charge is -2.24. The summed E-state index contributed by atoms with van der Waals surface area (Å²) in [6.07, 6.45) is 4.61. The van der Waals surface area contributed by atoms with E-state index in [-0.39, 0.29) is 6.10 Å². The van der Waals surface area contributed by atoms with E-state index in [0.717, 1.165) is 24.3 Å². The van der Waals surface area contributed by atoms with Gasteiger partial charge in [0.05, 0.1) is 18.9 Å². The van der Waals surface area contributed by atoms with Gasteiger partial charge in [0.2, 0.25) is 0 Å². The molecule has 1 aromatic heterocycles. The molecule has 1 heterocycles. The van der Waals surface area contributed by atoms with E-state index in [4.69, 9.17) is 4.42 Å². The molecule has 0 aliphatic heterocycles. The van der Waals surface area contributed by atoms with Crippen LogP contribution in [-0.2, 0) is 6.54 Å². The van der Waals surface area contributed by atoms with Crippen LogP contribution in [0.3, 0.4) is 0 Å². The van der Waals surface area contributed by atoms with Crippen LogP contribution in [0.1, 0.15) is 43.6 Å². The summed E-state index contributed by atoms with van der Waals surface area (Å²) in [7, 11) is 0. The molecule has 0 radical (unpaired) electrons. The number of aliphatic hydroxyl groups is 1. The third-order valence-corrected chi connectivity index (χ3v) is 3.89. The average Bonchev–Trinajstić information content (AvgIpc) is 3.21. The van der Waals surface area contributed by atoms with Gasteiger partial charge in [-0.3, -0.25) is 0 Å². The summed E-state index contributed by atoms with van der Waals surface area (Å²) in [4.78, 5) is 2.39. The average molecular weight is 271 g/mol. The molecule has 1 fully saturated rings. The third-order valence-electron chi connectivity index (χ3n) is 3.89. The molecule has 1 aliphatic carbocycles. The van der Waals surface area contributed by atoms with Gasteiger partial charge in [-0.1, -0.05) is 19.1 Å². The van der Waals surface area contributed by atoms with Gasteiger partial charge in [0.15, 0.2) is 0 Å². The van der Waals surface area contributed by atoms with E-state index >= 15 is 0 Å². The van der Waals surface area contributed by atoms with Gasteiger partial charge in [0.1, 0.15) is 5.76 Å². The standard InChI is InChI=1S/C17H21NO2/c1-2-17(19)13-5-7-14(8-6-13)18(15-9-10-15)12-16-4-3-11-20-16/h3-8,11,15,17,19H,2,9-10,12H2,1H3/t17-/m1/s1. The van der Waals surface area contributed by atoms with Crippen molar-refractivity contribution in [1.82, 2.24) is 0 Å². The molecular weight excluding hydrogens is 250 g/mol. The highest BCUT2D eigenvalue weighted by atomic mass is 16.3. The molecule has 0 spiro atoms. The Kier molecular flexibility index (Phi) is 3.79. The van der Waals surface area contributed by atoms with Crippen molar-refractivity contribution in [2.45, 2.75) is 44.9 Å². The maximum atomic E-state index is 9.86. The zero-order valence-electron chi connectivity index (χ0n) is 11.8. The topological polar surface area (TPSA) is 36.6 Å². The minimum Gasteiger partial charge on any atom is -0.467 e. The molecule has 1 saturated carbocycles. The molecule has 0 unspecified atom stereocenters. The Morgan fingerprint density at radius 2 is 2.00 bits per heavy atom. The fraction of sp³-hybridized carbons (Fsp3) is 0.412. The van der Waals surface area contributed by atoms with Crippen molar-refractivity contribution in [1.29, 1.82) is 0 Å². The van der Waals surface area contributed by atoms with Crippen LogP contribution in [0, 0.1) is 0 Å². The lowest BCUT2D eigenvalue weighted by Crippen LogP contribution is -2.24. The van der Waals surface area contributed by atoms with Crippen LogP contribution < -0.4 is 4.90 Å². The van der Waals surface area contributed by atoms with Crippen molar-refractivity contribution in [3.8, 4) is 0 Å². The van der Waals surface area contributed by atoms with Gasteiger partial charge in [-0.25, -0.2) is 0 Å². The molecule has 0 bridgehead atoms. The molecule has 2 aromatic rings. The maximum absolute atomic E-state index is 9.86. The van der Waals surface area contributed by atoms with Gasteiger partial charge in [0, 0.05) is 11.7 Å². The fourth-order valence-electron chi connectivity index (χ4n) is 2.51. The SMILES string of the molecule is CC[C@@H](O)c1ccc(N(Cc2ccco2)C2CC2)cc1. The molecule has 20 heavy (non-hydrogen) atoms. The van der Waals surface area contributed by atoms with Crippen LogP contribution in [0.4, 0.5) is 5.69 Å². The minimum atomic E-state index is -0.358. The quantitative estimate of drug-likeness (QED) is 0.866. The zero-order valence-corrected chi connectivity index (χ0v) is 11.8. The van der Waals surface area contributed by atoms with E-state index in [1.807, 2.05) is 31.2 Å². The summed E-state index contributed by atoms with van der Waals surface area (Å²) in [5.74, 6) is 0.995. The fourth-order valence-corrected chi connectivity index (χ4v) is 2.51.